The Morgan fingerprint density at radius 3 is 2.36 bits per heavy atom. The molecule has 0 unspecified atom stereocenters. The Hall–Kier alpha value is -2.31. The minimum atomic E-state index is 0.0592. The maximum Gasteiger partial charge on any atom is 0.277 e. The summed E-state index contributed by atoms with van der Waals surface area (Å²) in [6, 6.07) is 9.13. The molecule has 0 bridgehead atoms. The molecule has 28 heavy (non-hydrogen) atoms. The minimum Gasteiger partial charge on any atom is -0.484 e. The van der Waals surface area contributed by atoms with Gasteiger partial charge in [0.15, 0.2) is 12.4 Å². The van der Waals surface area contributed by atoms with Gasteiger partial charge in [-0.1, -0.05) is 29.4 Å². The number of nitrogens with zero attached hydrogens (tertiary/aromatic N) is 2. The molecule has 0 fully saturated rings. The Morgan fingerprint density at radius 1 is 1.07 bits per heavy atom. The van der Waals surface area contributed by atoms with Gasteiger partial charge in [0, 0.05) is 10.6 Å². The monoisotopic (exact) mass is 416 g/mol. The van der Waals surface area contributed by atoms with Gasteiger partial charge in [-0.15, -0.1) is 10.2 Å². The van der Waals surface area contributed by atoms with Gasteiger partial charge in [0.05, 0.1) is 5.75 Å². The zero-order valence-corrected chi connectivity index (χ0v) is 17.8. The number of halogens is 1. The van der Waals surface area contributed by atoms with Gasteiger partial charge < -0.3 is 9.15 Å². The van der Waals surface area contributed by atoms with Crippen molar-refractivity contribution >= 4 is 29.1 Å². The van der Waals surface area contributed by atoms with E-state index in [0.717, 1.165) is 27.8 Å². The van der Waals surface area contributed by atoms with Crippen molar-refractivity contribution in [3.05, 3.63) is 69.1 Å². The van der Waals surface area contributed by atoms with Crippen LogP contribution in [0.2, 0.25) is 5.02 Å². The van der Waals surface area contributed by atoms with E-state index in [9.17, 15) is 4.79 Å². The molecule has 0 aliphatic heterocycles. The van der Waals surface area contributed by atoms with Crippen molar-refractivity contribution in [2.45, 2.75) is 39.5 Å². The SMILES string of the molecule is Cc1cc(C)c(C)c(C(=O)CSc2nnc(COc3ccc(Cl)cc3)o2)c1C. The van der Waals surface area contributed by atoms with Crippen molar-refractivity contribution in [2.75, 3.05) is 5.75 Å². The highest BCUT2D eigenvalue weighted by molar-refractivity contribution is 7.99. The molecule has 7 heteroatoms. The maximum atomic E-state index is 12.8. The number of benzene rings is 2. The number of rotatable bonds is 7. The third-order valence-electron chi connectivity index (χ3n) is 4.60. The fraction of sp³-hybridized carbons (Fsp3) is 0.286. The Labute approximate surface area is 173 Å². The van der Waals surface area contributed by atoms with Crippen LogP contribution in [0.5, 0.6) is 5.75 Å². The third-order valence-corrected chi connectivity index (χ3v) is 5.67. The normalized spacial score (nSPS) is 10.9. The lowest BCUT2D eigenvalue weighted by molar-refractivity contribution is 0.102. The van der Waals surface area contributed by atoms with Crippen LogP contribution in [0.15, 0.2) is 40.0 Å². The molecule has 0 aliphatic rings. The van der Waals surface area contributed by atoms with Crippen molar-refractivity contribution < 1.29 is 13.9 Å². The molecular formula is C21H21ClN2O3S. The first-order valence-corrected chi connectivity index (χ1v) is 10.2. The van der Waals surface area contributed by atoms with Gasteiger partial charge in [-0.25, -0.2) is 0 Å². The van der Waals surface area contributed by atoms with Gasteiger partial charge in [0.25, 0.3) is 11.1 Å². The molecule has 0 atom stereocenters. The van der Waals surface area contributed by atoms with Gasteiger partial charge >= 0.3 is 0 Å². The van der Waals surface area contributed by atoms with E-state index < -0.39 is 0 Å². The average Bonchev–Trinajstić information content (AvgIpc) is 3.12. The summed E-state index contributed by atoms with van der Waals surface area (Å²) in [6.45, 7) is 8.17. The quantitative estimate of drug-likeness (QED) is 0.373. The van der Waals surface area contributed by atoms with Crippen molar-refractivity contribution in [2.24, 2.45) is 0 Å². The number of ether oxygens (including phenoxy) is 1. The minimum absolute atomic E-state index is 0.0592. The molecule has 0 N–H and O–H groups in total. The lowest BCUT2D eigenvalue weighted by Gasteiger charge is -2.13. The lowest BCUT2D eigenvalue weighted by Crippen LogP contribution is -2.10. The first-order valence-electron chi connectivity index (χ1n) is 8.79. The van der Waals surface area contributed by atoms with Crippen LogP contribution in [0.3, 0.4) is 0 Å². The number of aromatic nitrogens is 2. The standard InChI is InChI=1S/C21H21ClN2O3S/c1-12-9-13(2)15(4)20(14(12)3)18(25)11-28-21-24-23-19(27-21)10-26-17-7-5-16(22)6-8-17/h5-9H,10-11H2,1-4H3. The number of ketones is 1. The highest BCUT2D eigenvalue weighted by Gasteiger charge is 2.17. The fourth-order valence-electron chi connectivity index (χ4n) is 2.87. The molecule has 0 radical (unpaired) electrons. The summed E-state index contributed by atoms with van der Waals surface area (Å²) < 4.78 is 11.1. The van der Waals surface area contributed by atoms with E-state index in [2.05, 4.69) is 16.3 Å². The Balaban J connectivity index is 1.60. The van der Waals surface area contributed by atoms with Crippen LogP contribution in [0.4, 0.5) is 0 Å². The molecule has 0 spiro atoms. The van der Waals surface area contributed by atoms with E-state index in [1.807, 2.05) is 27.7 Å². The molecule has 2 aromatic carbocycles. The number of hydrogen-bond acceptors (Lipinski definition) is 6. The molecule has 0 saturated heterocycles. The predicted molar refractivity (Wildman–Crippen MR) is 111 cm³/mol. The van der Waals surface area contributed by atoms with Crippen LogP contribution in [-0.4, -0.2) is 21.7 Å². The van der Waals surface area contributed by atoms with E-state index in [4.69, 9.17) is 20.8 Å². The van der Waals surface area contributed by atoms with Crippen molar-refractivity contribution in [3.8, 4) is 5.75 Å². The second-order valence-corrected chi connectivity index (χ2v) is 7.91. The molecule has 0 saturated carbocycles. The number of carbonyl (C=O) groups excluding carboxylic acids is 1. The zero-order valence-electron chi connectivity index (χ0n) is 16.2. The van der Waals surface area contributed by atoms with Gasteiger partial charge in [0.2, 0.25) is 0 Å². The van der Waals surface area contributed by atoms with Gasteiger partial charge in [-0.2, -0.15) is 0 Å². The maximum absolute atomic E-state index is 12.8. The molecule has 1 aromatic heterocycles. The topological polar surface area (TPSA) is 65.2 Å². The second kappa shape index (κ2) is 8.80. The van der Waals surface area contributed by atoms with Gasteiger partial charge in [0.1, 0.15) is 5.75 Å². The largest absolute Gasteiger partial charge is 0.484 e. The summed E-state index contributed by atoms with van der Waals surface area (Å²) in [6.07, 6.45) is 0. The highest BCUT2D eigenvalue weighted by atomic mass is 35.5. The first-order chi connectivity index (χ1) is 13.3. The van der Waals surface area contributed by atoms with Crippen LogP contribution in [0, 0.1) is 27.7 Å². The number of thioether (sulfide) groups is 1. The molecule has 3 rings (SSSR count). The smallest absolute Gasteiger partial charge is 0.277 e. The molecule has 146 valence electrons. The van der Waals surface area contributed by atoms with Crippen LogP contribution in [-0.2, 0) is 6.61 Å². The lowest BCUT2D eigenvalue weighted by atomic mass is 9.92. The summed E-state index contributed by atoms with van der Waals surface area (Å²) in [5.74, 6) is 1.31. The second-order valence-electron chi connectivity index (χ2n) is 6.55. The Morgan fingerprint density at radius 2 is 1.71 bits per heavy atom. The van der Waals surface area contributed by atoms with E-state index >= 15 is 0 Å². The number of Topliss-reactive ketones (excluding diaryl/α,β-unsaturated/α-hetero) is 1. The average molecular weight is 417 g/mol. The third kappa shape index (κ3) is 4.75. The van der Waals surface area contributed by atoms with Crippen molar-refractivity contribution in [1.82, 2.24) is 10.2 Å². The summed E-state index contributed by atoms with van der Waals surface area (Å²) >= 11 is 7.08. The van der Waals surface area contributed by atoms with Crippen molar-refractivity contribution in [1.29, 1.82) is 0 Å². The van der Waals surface area contributed by atoms with Crippen LogP contribution in [0.1, 0.15) is 38.5 Å². The molecule has 3 aromatic rings. The Kier molecular flexibility index (Phi) is 6.42. The molecule has 1 heterocycles. The van der Waals surface area contributed by atoms with Crippen molar-refractivity contribution in [3.63, 3.8) is 0 Å². The molecule has 5 nitrogen and oxygen atoms in total. The summed E-state index contributed by atoms with van der Waals surface area (Å²) in [7, 11) is 0. The molecule has 0 amide bonds. The Bertz CT molecular complexity index is 973. The van der Waals surface area contributed by atoms with E-state index in [-0.39, 0.29) is 18.1 Å². The first kappa shape index (κ1) is 20.4. The fourth-order valence-corrected chi connectivity index (χ4v) is 3.64. The molecule has 0 aliphatic carbocycles. The van der Waals surface area contributed by atoms with E-state index in [1.165, 1.54) is 11.8 Å². The summed E-state index contributed by atoms with van der Waals surface area (Å²) in [5.41, 5.74) is 5.08. The van der Waals surface area contributed by atoms with Crippen LogP contribution in [0.25, 0.3) is 0 Å². The summed E-state index contributed by atoms with van der Waals surface area (Å²) in [5, 5.41) is 8.94. The van der Waals surface area contributed by atoms with Gasteiger partial charge in [-0.05, 0) is 74.2 Å². The zero-order chi connectivity index (χ0) is 20.3. The number of aryl methyl sites for hydroxylation is 2. The van der Waals surface area contributed by atoms with Crippen LogP contribution < -0.4 is 4.74 Å². The van der Waals surface area contributed by atoms with Crippen LogP contribution >= 0.6 is 23.4 Å². The predicted octanol–water partition coefficient (Wildman–Crippen LogP) is 5.51. The van der Waals surface area contributed by atoms with E-state index in [1.54, 1.807) is 24.3 Å². The summed E-state index contributed by atoms with van der Waals surface area (Å²) in [4.78, 5) is 12.8. The van der Waals surface area contributed by atoms with E-state index in [0.29, 0.717) is 21.9 Å². The highest BCUT2D eigenvalue weighted by Crippen LogP contribution is 2.25. The number of carbonyl (C=O) groups is 1. The number of hydrogen-bond donors (Lipinski definition) is 0. The molecular weight excluding hydrogens is 396 g/mol. The van der Waals surface area contributed by atoms with Gasteiger partial charge in [-0.3, -0.25) is 4.79 Å².